The second-order valence-electron chi connectivity index (χ2n) is 6.19. The quantitative estimate of drug-likeness (QED) is 0.406. The molecule has 0 aliphatic heterocycles. The Kier molecular flexibility index (Phi) is 6.81. The molecule has 28 heavy (non-hydrogen) atoms. The molecule has 0 aliphatic carbocycles. The lowest BCUT2D eigenvalue weighted by molar-refractivity contribution is -0.385. The van der Waals surface area contributed by atoms with Gasteiger partial charge in [-0.15, -0.1) is 0 Å². The number of ether oxygens (including phenoxy) is 1. The fourth-order valence-electron chi connectivity index (χ4n) is 2.53. The maximum absolute atomic E-state index is 13.4. The van der Waals surface area contributed by atoms with E-state index in [-0.39, 0.29) is 16.1 Å². The van der Waals surface area contributed by atoms with Crippen molar-refractivity contribution in [3.8, 4) is 0 Å². The Bertz CT molecular complexity index is 978. The molecular formula is C18H19FN2O6S. The summed E-state index contributed by atoms with van der Waals surface area (Å²) < 4.78 is 46.0. The zero-order valence-electron chi connectivity index (χ0n) is 15.2. The molecular weight excluding hydrogens is 391 g/mol. The van der Waals surface area contributed by atoms with Gasteiger partial charge in [0.2, 0.25) is 10.0 Å². The van der Waals surface area contributed by atoms with Crippen LogP contribution in [0, 0.1) is 15.9 Å². The Morgan fingerprint density at radius 3 is 2.50 bits per heavy atom. The number of nitrogens with zero attached hydrogens (tertiary/aromatic N) is 1. The molecule has 150 valence electrons. The van der Waals surface area contributed by atoms with Gasteiger partial charge >= 0.3 is 5.97 Å². The zero-order chi connectivity index (χ0) is 20.9. The van der Waals surface area contributed by atoms with Crippen molar-refractivity contribution in [1.82, 2.24) is 4.72 Å². The highest BCUT2D eigenvalue weighted by Gasteiger charge is 2.29. The molecule has 0 unspecified atom stereocenters. The lowest BCUT2D eigenvalue weighted by Crippen LogP contribution is -2.31. The van der Waals surface area contributed by atoms with Crippen molar-refractivity contribution in [2.24, 2.45) is 0 Å². The normalized spacial score (nSPS) is 12.6. The van der Waals surface area contributed by atoms with Gasteiger partial charge in [0.15, 0.2) is 0 Å². The highest BCUT2D eigenvalue weighted by molar-refractivity contribution is 7.89. The molecule has 0 spiro atoms. The molecule has 2 aromatic carbocycles. The highest BCUT2D eigenvalue weighted by atomic mass is 32.2. The van der Waals surface area contributed by atoms with Crippen LogP contribution in [-0.4, -0.2) is 25.4 Å². The molecule has 0 saturated carbocycles. The van der Waals surface area contributed by atoms with Crippen LogP contribution in [0.5, 0.6) is 0 Å². The maximum Gasteiger partial charge on any atom is 0.308 e. The fraction of sp³-hybridized carbons (Fsp3) is 0.278. The number of hydrogen-bond donors (Lipinski definition) is 1. The number of benzene rings is 2. The average Bonchev–Trinajstić information content (AvgIpc) is 2.60. The predicted molar refractivity (Wildman–Crippen MR) is 98.4 cm³/mol. The van der Waals surface area contributed by atoms with E-state index in [0.717, 1.165) is 12.1 Å². The van der Waals surface area contributed by atoms with E-state index >= 15 is 0 Å². The Morgan fingerprint density at radius 1 is 1.21 bits per heavy atom. The van der Waals surface area contributed by atoms with Crippen LogP contribution in [0.15, 0.2) is 53.4 Å². The number of hydrogen-bond acceptors (Lipinski definition) is 6. The van der Waals surface area contributed by atoms with Gasteiger partial charge in [-0.1, -0.05) is 24.3 Å². The molecule has 8 nitrogen and oxygen atoms in total. The summed E-state index contributed by atoms with van der Waals surface area (Å²) in [6.45, 7) is 3.24. The summed E-state index contributed by atoms with van der Waals surface area (Å²) in [7, 11) is -4.27. The first-order chi connectivity index (χ1) is 13.1. The number of sulfonamides is 1. The monoisotopic (exact) mass is 410 g/mol. The van der Waals surface area contributed by atoms with Gasteiger partial charge in [0, 0.05) is 11.6 Å². The van der Waals surface area contributed by atoms with Crippen LogP contribution < -0.4 is 4.72 Å². The van der Waals surface area contributed by atoms with E-state index < -0.39 is 45.3 Å². The van der Waals surface area contributed by atoms with Crippen LogP contribution in [0.3, 0.4) is 0 Å². The van der Waals surface area contributed by atoms with E-state index in [1.54, 1.807) is 13.8 Å². The summed E-state index contributed by atoms with van der Waals surface area (Å²) in [5.41, 5.74) is -0.361. The Hall–Kier alpha value is -2.85. The number of carbonyl (C=O) groups excluding carboxylic acids is 1. The first kappa shape index (κ1) is 21.5. The van der Waals surface area contributed by atoms with Crippen LogP contribution in [0.4, 0.5) is 10.1 Å². The van der Waals surface area contributed by atoms with E-state index in [2.05, 4.69) is 4.72 Å². The molecule has 0 fully saturated rings. The van der Waals surface area contributed by atoms with E-state index in [4.69, 9.17) is 4.74 Å². The minimum atomic E-state index is -4.27. The Morgan fingerprint density at radius 2 is 1.89 bits per heavy atom. The number of carbonyl (C=O) groups is 1. The summed E-state index contributed by atoms with van der Waals surface area (Å²) in [6, 6.07) is 8.47. The third kappa shape index (κ3) is 5.57. The Labute approximate surface area is 161 Å². The van der Waals surface area contributed by atoms with Gasteiger partial charge in [-0.05, 0) is 32.0 Å². The lowest BCUT2D eigenvalue weighted by Gasteiger charge is -2.19. The summed E-state index contributed by atoms with van der Waals surface area (Å²) in [4.78, 5) is 22.4. The molecule has 1 atom stereocenters. The van der Waals surface area contributed by atoms with Crippen molar-refractivity contribution < 1.29 is 27.3 Å². The van der Waals surface area contributed by atoms with E-state index in [1.807, 2.05) is 0 Å². The fourth-order valence-corrected chi connectivity index (χ4v) is 3.78. The number of rotatable bonds is 8. The minimum absolute atomic E-state index is 0.00631. The molecule has 2 rings (SSSR count). The van der Waals surface area contributed by atoms with Gasteiger partial charge in [0.25, 0.3) is 5.69 Å². The molecule has 2 aromatic rings. The second kappa shape index (κ2) is 8.89. The number of para-hydroxylation sites is 1. The maximum atomic E-state index is 13.4. The summed E-state index contributed by atoms with van der Waals surface area (Å²) in [5, 5.41) is 11.3. The molecule has 0 aromatic heterocycles. The molecule has 0 amide bonds. The van der Waals surface area contributed by atoms with Crippen LogP contribution in [0.1, 0.15) is 31.9 Å². The number of halogens is 1. The van der Waals surface area contributed by atoms with Crippen LogP contribution in [0.2, 0.25) is 0 Å². The summed E-state index contributed by atoms with van der Waals surface area (Å²) in [5.74, 6) is -1.50. The van der Waals surface area contributed by atoms with Crippen molar-refractivity contribution in [1.29, 1.82) is 0 Å². The number of nitro groups is 1. The van der Waals surface area contributed by atoms with E-state index in [0.29, 0.717) is 0 Å². The topological polar surface area (TPSA) is 116 Å². The van der Waals surface area contributed by atoms with Gasteiger partial charge in [-0.25, -0.2) is 17.5 Å². The molecule has 0 heterocycles. The van der Waals surface area contributed by atoms with Crippen LogP contribution >= 0.6 is 0 Å². The third-order valence-electron chi connectivity index (χ3n) is 3.65. The van der Waals surface area contributed by atoms with Gasteiger partial charge < -0.3 is 4.74 Å². The van der Waals surface area contributed by atoms with Crippen LogP contribution in [0.25, 0.3) is 0 Å². The van der Waals surface area contributed by atoms with Gasteiger partial charge in [0.1, 0.15) is 5.82 Å². The highest BCUT2D eigenvalue weighted by Crippen LogP contribution is 2.29. The van der Waals surface area contributed by atoms with Crippen molar-refractivity contribution in [2.75, 3.05) is 0 Å². The molecule has 0 aliphatic rings. The first-order valence-corrected chi connectivity index (χ1v) is 9.79. The minimum Gasteiger partial charge on any atom is -0.463 e. The van der Waals surface area contributed by atoms with Gasteiger partial charge in [-0.2, -0.15) is 0 Å². The van der Waals surface area contributed by atoms with Crippen molar-refractivity contribution >= 4 is 21.7 Å². The predicted octanol–water partition coefficient (Wildman–Crippen LogP) is 3.10. The zero-order valence-corrected chi connectivity index (χ0v) is 16.0. The lowest BCUT2D eigenvalue weighted by atomic mass is 10.0. The number of esters is 1. The average molecular weight is 410 g/mol. The summed E-state index contributed by atoms with van der Waals surface area (Å²) >= 11 is 0. The largest absolute Gasteiger partial charge is 0.463 e. The number of nitrogens with one attached hydrogen (secondary N) is 1. The van der Waals surface area contributed by atoms with Crippen molar-refractivity contribution in [3.05, 3.63) is 70.0 Å². The summed E-state index contributed by atoms with van der Waals surface area (Å²) in [6.07, 6.45) is -0.920. The molecule has 0 radical (unpaired) electrons. The molecule has 0 bridgehead atoms. The number of nitro benzene ring substituents is 1. The van der Waals surface area contributed by atoms with Crippen molar-refractivity contribution in [3.63, 3.8) is 0 Å². The van der Waals surface area contributed by atoms with E-state index in [1.165, 1.54) is 36.4 Å². The van der Waals surface area contributed by atoms with Gasteiger partial charge in [0.05, 0.1) is 28.4 Å². The molecule has 1 N–H and O–H groups in total. The van der Waals surface area contributed by atoms with Crippen LogP contribution in [-0.2, 0) is 19.6 Å². The standard InChI is InChI=1S/C18H19FN2O6S/c1-12(2)27-18(22)11-16(15-8-3-4-9-17(15)21(23)24)20-28(25,26)14-7-5-6-13(19)10-14/h3-10,12,16,20H,11H2,1-2H3/t16-/m0/s1. The third-order valence-corrected chi connectivity index (χ3v) is 5.12. The SMILES string of the molecule is CC(C)OC(=O)C[C@H](NS(=O)(=O)c1cccc(F)c1)c1ccccc1[N+](=O)[O-]. The van der Waals surface area contributed by atoms with E-state index in [9.17, 15) is 27.7 Å². The Balaban J connectivity index is 2.44. The van der Waals surface area contributed by atoms with Crippen molar-refractivity contribution in [2.45, 2.75) is 37.3 Å². The second-order valence-corrected chi connectivity index (χ2v) is 7.90. The molecule has 0 saturated heterocycles. The molecule has 10 heteroatoms. The van der Waals surface area contributed by atoms with Gasteiger partial charge in [-0.3, -0.25) is 14.9 Å². The smallest absolute Gasteiger partial charge is 0.308 e. The first-order valence-electron chi connectivity index (χ1n) is 8.31.